The molecular formula is C29H28BrF3N2OS. The van der Waals surface area contributed by atoms with Crippen molar-refractivity contribution in [1.82, 2.24) is 4.90 Å². The predicted molar refractivity (Wildman–Crippen MR) is 146 cm³/mol. The van der Waals surface area contributed by atoms with Crippen molar-refractivity contribution >= 4 is 44.8 Å². The van der Waals surface area contributed by atoms with Gasteiger partial charge in [-0.2, -0.15) is 13.2 Å². The number of piperidine rings is 1. The van der Waals surface area contributed by atoms with Gasteiger partial charge < -0.3 is 4.90 Å². The van der Waals surface area contributed by atoms with Gasteiger partial charge in [0.15, 0.2) is 5.78 Å². The van der Waals surface area contributed by atoms with E-state index in [9.17, 15) is 18.0 Å². The molecule has 1 saturated heterocycles. The van der Waals surface area contributed by atoms with Crippen LogP contribution in [0.1, 0.15) is 41.6 Å². The second-order valence-corrected chi connectivity index (χ2v) is 11.9. The smallest absolute Gasteiger partial charge is 0.340 e. The largest absolute Gasteiger partial charge is 0.416 e. The first-order valence-corrected chi connectivity index (χ1v) is 14.3. The molecule has 2 unspecified atom stereocenters. The third-order valence-corrected chi connectivity index (χ3v) is 9.00. The Bertz CT molecular complexity index is 1250. The first-order valence-electron chi connectivity index (χ1n) is 12.5. The highest BCUT2D eigenvalue weighted by atomic mass is 79.9. The number of halogens is 4. The maximum atomic E-state index is 13.5. The molecule has 0 N–H and O–H groups in total. The molecule has 0 saturated carbocycles. The van der Waals surface area contributed by atoms with Crippen LogP contribution in [-0.2, 0) is 6.18 Å². The summed E-state index contributed by atoms with van der Waals surface area (Å²) in [5, 5.41) is 0. The van der Waals surface area contributed by atoms with E-state index in [-0.39, 0.29) is 11.8 Å². The normalized spacial score (nSPS) is 19.8. The third-order valence-electron chi connectivity index (χ3n) is 7.04. The Kier molecular flexibility index (Phi) is 7.98. The summed E-state index contributed by atoms with van der Waals surface area (Å²) in [6.07, 6.45) is -0.966. The summed E-state index contributed by atoms with van der Waals surface area (Å²) < 4.78 is 40.5. The molecule has 2 aliphatic rings. The number of hydrogen-bond donors (Lipinski definition) is 0. The summed E-state index contributed by atoms with van der Waals surface area (Å²) in [6, 6.07) is 21.2. The number of likely N-dealkylation sites (tertiary alicyclic amines) is 1. The number of carbonyl (C=O) groups excluding carboxylic acids is 1. The second-order valence-electron chi connectivity index (χ2n) is 9.51. The van der Waals surface area contributed by atoms with Gasteiger partial charge in [0.1, 0.15) is 0 Å². The maximum Gasteiger partial charge on any atom is 0.416 e. The fraction of sp³-hybridized carbons (Fsp3) is 0.345. The number of ketones is 1. The molecular weight excluding hydrogens is 561 g/mol. The van der Waals surface area contributed by atoms with E-state index in [4.69, 9.17) is 0 Å². The predicted octanol–water partition coefficient (Wildman–Crippen LogP) is 8.20. The summed E-state index contributed by atoms with van der Waals surface area (Å²) in [5.41, 5.74) is 1.65. The van der Waals surface area contributed by atoms with Crippen LogP contribution in [0.2, 0.25) is 0 Å². The number of anilines is 2. The summed E-state index contributed by atoms with van der Waals surface area (Å²) in [6.45, 7) is 2.24. The lowest BCUT2D eigenvalue weighted by atomic mass is 9.94. The molecule has 0 aromatic heterocycles. The zero-order valence-electron chi connectivity index (χ0n) is 20.3. The second kappa shape index (κ2) is 11.2. The van der Waals surface area contributed by atoms with Crippen molar-refractivity contribution in [3.05, 3.63) is 83.9 Å². The van der Waals surface area contributed by atoms with E-state index in [0.717, 1.165) is 65.9 Å². The Morgan fingerprint density at radius 1 is 0.919 bits per heavy atom. The number of alkyl halides is 4. The Morgan fingerprint density at radius 3 is 2.41 bits per heavy atom. The average Bonchev–Trinajstić information content (AvgIpc) is 2.90. The Hall–Kier alpha value is -2.29. The van der Waals surface area contributed by atoms with Crippen molar-refractivity contribution in [3.63, 3.8) is 0 Å². The van der Waals surface area contributed by atoms with Gasteiger partial charge in [-0.15, -0.1) is 0 Å². The highest BCUT2D eigenvalue weighted by molar-refractivity contribution is 9.09. The standard InChI is InChI=1S/C29H28BrF3N2OS/c30-22-14-17-34(25(19-22)28(36)20-8-2-1-3-9-20)15-6-7-16-35-23-10-4-5-11-26(23)37-27-13-12-21(18-24(27)35)29(31,32)33/h1-5,8-13,18,22,25H,6-7,14-17,19H2. The Balaban J connectivity index is 1.29. The van der Waals surface area contributed by atoms with E-state index in [2.05, 4.69) is 20.8 Å². The topological polar surface area (TPSA) is 23.6 Å². The van der Waals surface area contributed by atoms with E-state index in [1.54, 1.807) is 6.07 Å². The van der Waals surface area contributed by atoms with Crippen LogP contribution < -0.4 is 4.90 Å². The molecule has 3 aromatic rings. The number of Topliss-reactive ketones (excluding diaryl/α,β-unsaturated/α-hetero) is 1. The molecule has 2 heterocycles. The monoisotopic (exact) mass is 588 g/mol. The van der Waals surface area contributed by atoms with Crippen LogP contribution >= 0.6 is 27.7 Å². The minimum atomic E-state index is -4.38. The fourth-order valence-corrected chi connectivity index (χ4v) is 6.77. The van der Waals surface area contributed by atoms with Crippen molar-refractivity contribution < 1.29 is 18.0 Å². The number of unbranched alkanes of at least 4 members (excludes halogenated alkanes) is 1. The Morgan fingerprint density at radius 2 is 1.62 bits per heavy atom. The lowest BCUT2D eigenvalue weighted by Crippen LogP contribution is -2.48. The van der Waals surface area contributed by atoms with Gasteiger partial charge in [-0.1, -0.05) is 70.2 Å². The molecule has 0 spiro atoms. The third kappa shape index (κ3) is 5.91. The van der Waals surface area contributed by atoms with Crippen molar-refractivity contribution in [1.29, 1.82) is 0 Å². The van der Waals surface area contributed by atoms with E-state index >= 15 is 0 Å². The van der Waals surface area contributed by atoms with Gasteiger partial charge in [-0.05, 0) is 69.1 Å². The summed E-state index contributed by atoms with van der Waals surface area (Å²) in [4.78, 5) is 19.8. The first-order chi connectivity index (χ1) is 17.8. The minimum Gasteiger partial charge on any atom is -0.340 e. The van der Waals surface area contributed by atoms with Crippen LogP contribution in [-0.4, -0.2) is 41.2 Å². The number of rotatable bonds is 7. The lowest BCUT2D eigenvalue weighted by Gasteiger charge is -2.37. The van der Waals surface area contributed by atoms with Crippen molar-refractivity contribution in [2.75, 3.05) is 24.5 Å². The molecule has 5 rings (SSSR count). The van der Waals surface area contributed by atoms with Gasteiger partial charge >= 0.3 is 6.18 Å². The molecule has 0 aliphatic carbocycles. The van der Waals surface area contributed by atoms with E-state index in [0.29, 0.717) is 17.1 Å². The molecule has 2 atom stereocenters. The molecule has 37 heavy (non-hydrogen) atoms. The van der Waals surface area contributed by atoms with Crippen LogP contribution in [0.15, 0.2) is 82.6 Å². The molecule has 2 aliphatic heterocycles. The lowest BCUT2D eigenvalue weighted by molar-refractivity contribution is -0.137. The van der Waals surface area contributed by atoms with Crippen molar-refractivity contribution in [2.24, 2.45) is 0 Å². The molecule has 0 bridgehead atoms. The molecule has 194 valence electrons. The van der Waals surface area contributed by atoms with Gasteiger partial charge in [0.05, 0.1) is 23.0 Å². The number of para-hydroxylation sites is 1. The summed E-state index contributed by atoms with van der Waals surface area (Å²) in [5.74, 6) is 0.153. The van der Waals surface area contributed by atoms with E-state index in [1.807, 2.05) is 59.5 Å². The SMILES string of the molecule is O=C(c1ccccc1)C1CC(Br)CCN1CCCCN1c2ccccc2Sc2ccc(C(F)(F)F)cc21. The van der Waals surface area contributed by atoms with E-state index < -0.39 is 11.7 Å². The average molecular weight is 590 g/mol. The van der Waals surface area contributed by atoms with Gasteiger partial charge in [-0.25, -0.2) is 0 Å². The van der Waals surface area contributed by atoms with Gasteiger partial charge in [0, 0.05) is 26.7 Å². The maximum absolute atomic E-state index is 13.5. The van der Waals surface area contributed by atoms with Crippen LogP contribution in [0.3, 0.4) is 0 Å². The molecule has 0 amide bonds. The quantitative estimate of drug-likeness (QED) is 0.158. The highest BCUT2D eigenvalue weighted by Gasteiger charge is 2.34. The van der Waals surface area contributed by atoms with E-state index in [1.165, 1.54) is 17.8 Å². The summed E-state index contributed by atoms with van der Waals surface area (Å²) in [7, 11) is 0. The van der Waals surface area contributed by atoms with Gasteiger partial charge in [0.25, 0.3) is 0 Å². The molecule has 8 heteroatoms. The zero-order valence-corrected chi connectivity index (χ0v) is 22.7. The number of carbonyl (C=O) groups is 1. The van der Waals surface area contributed by atoms with Gasteiger partial charge in [-0.3, -0.25) is 9.69 Å². The van der Waals surface area contributed by atoms with Crippen molar-refractivity contribution in [3.8, 4) is 0 Å². The van der Waals surface area contributed by atoms with Crippen LogP contribution in [0.5, 0.6) is 0 Å². The Labute approximate surface area is 228 Å². The molecule has 1 fully saturated rings. The number of fused-ring (bicyclic) bond motifs is 2. The van der Waals surface area contributed by atoms with Crippen LogP contribution in [0.4, 0.5) is 24.5 Å². The van der Waals surface area contributed by atoms with Crippen LogP contribution in [0, 0.1) is 0 Å². The first kappa shape index (κ1) is 26.3. The molecule has 3 nitrogen and oxygen atoms in total. The molecule has 0 radical (unpaired) electrons. The van der Waals surface area contributed by atoms with Crippen LogP contribution in [0.25, 0.3) is 0 Å². The number of hydrogen-bond acceptors (Lipinski definition) is 4. The van der Waals surface area contributed by atoms with Crippen molar-refractivity contribution in [2.45, 2.75) is 52.5 Å². The zero-order chi connectivity index (χ0) is 26.0. The fourth-order valence-electron chi connectivity index (χ4n) is 5.14. The van der Waals surface area contributed by atoms with Gasteiger partial charge in [0.2, 0.25) is 0 Å². The highest BCUT2D eigenvalue weighted by Crippen LogP contribution is 2.49. The number of benzene rings is 3. The number of nitrogens with zero attached hydrogens (tertiary/aromatic N) is 2. The molecule has 3 aromatic carbocycles. The summed E-state index contributed by atoms with van der Waals surface area (Å²) >= 11 is 5.22. The minimum absolute atomic E-state index is 0.153.